The Labute approximate surface area is 117 Å². The largest absolute Gasteiger partial charge is 0.507 e. The summed E-state index contributed by atoms with van der Waals surface area (Å²) in [4.78, 5) is 10.8. The molecular weight excluding hydrogens is 256 g/mol. The quantitative estimate of drug-likeness (QED) is 0.846. The van der Waals surface area contributed by atoms with Gasteiger partial charge in [-0.3, -0.25) is 4.79 Å². The fourth-order valence-electron chi connectivity index (χ4n) is 1.93. The Kier molecular flexibility index (Phi) is 4.63. The van der Waals surface area contributed by atoms with Crippen LogP contribution in [0.5, 0.6) is 5.75 Å². The van der Waals surface area contributed by atoms with Gasteiger partial charge in [-0.25, -0.2) is 0 Å². The summed E-state index contributed by atoms with van der Waals surface area (Å²) in [6, 6.07) is 11.4. The van der Waals surface area contributed by atoms with Crippen molar-refractivity contribution in [2.75, 3.05) is 5.75 Å². The molecule has 0 spiro atoms. The van der Waals surface area contributed by atoms with Gasteiger partial charge >= 0.3 is 0 Å². The minimum Gasteiger partial charge on any atom is -0.507 e. The maximum absolute atomic E-state index is 10.8. The maximum atomic E-state index is 10.8. The number of phenolic OH excluding ortho intramolecular Hbond substituents is 1. The number of thioether (sulfide) groups is 1. The molecule has 2 nitrogen and oxygen atoms in total. The summed E-state index contributed by atoms with van der Waals surface area (Å²) in [5.74, 6) is 1.11. The van der Waals surface area contributed by atoms with Crippen LogP contribution in [0.2, 0.25) is 0 Å². The SMILES string of the molecule is CC(=O)SCCC=Cc1ccc(O)c2ccccc12. The normalized spacial score (nSPS) is 11.2. The average Bonchev–Trinajstić information content (AvgIpc) is 2.41. The van der Waals surface area contributed by atoms with E-state index in [0.29, 0.717) is 5.75 Å². The van der Waals surface area contributed by atoms with Crippen LogP contribution in [-0.2, 0) is 4.79 Å². The fraction of sp³-hybridized carbons (Fsp3) is 0.188. The Balaban J connectivity index is 2.15. The summed E-state index contributed by atoms with van der Waals surface area (Å²) >= 11 is 1.34. The van der Waals surface area contributed by atoms with Crippen LogP contribution in [0.1, 0.15) is 18.9 Å². The second-order valence-corrected chi connectivity index (χ2v) is 5.52. The molecular formula is C16H16O2S. The van der Waals surface area contributed by atoms with Crippen molar-refractivity contribution in [2.45, 2.75) is 13.3 Å². The average molecular weight is 272 g/mol. The lowest BCUT2D eigenvalue weighted by Crippen LogP contribution is -1.84. The summed E-state index contributed by atoms with van der Waals surface area (Å²) in [7, 11) is 0. The third kappa shape index (κ3) is 3.61. The van der Waals surface area contributed by atoms with Crippen LogP contribution in [0, 0.1) is 0 Å². The van der Waals surface area contributed by atoms with E-state index in [4.69, 9.17) is 0 Å². The molecule has 0 fully saturated rings. The zero-order valence-corrected chi connectivity index (χ0v) is 11.6. The predicted octanol–water partition coefficient (Wildman–Crippen LogP) is 4.23. The molecule has 0 radical (unpaired) electrons. The summed E-state index contributed by atoms with van der Waals surface area (Å²) in [5.41, 5.74) is 1.08. The van der Waals surface area contributed by atoms with Crippen LogP contribution in [0.15, 0.2) is 42.5 Å². The van der Waals surface area contributed by atoms with Gasteiger partial charge in [-0.2, -0.15) is 0 Å². The Bertz CT molecular complexity index is 617. The van der Waals surface area contributed by atoms with Gasteiger partial charge in [-0.1, -0.05) is 54.2 Å². The molecule has 0 heterocycles. The van der Waals surface area contributed by atoms with Crippen molar-refractivity contribution in [1.29, 1.82) is 0 Å². The first-order valence-electron chi connectivity index (χ1n) is 6.19. The number of phenols is 1. The highest BCUT2D eigenvalue weighted by Crippen LogP contribution is 2.28. The Hall–Kier alpha value is -1.74. The van der Waals surface area contributed by atoms with E-state index in [1.165, 1.54) is 11.8 Å². The van der Waals surface area contributed by atoms with Crippen LogP contribution in [0.4, 0.5) is 0 Å². The zero-order chi connectivity index (χ0) is 13.7. The van der Waals surface area contributed by atoms with Crippen molar-refractivity contribution < 1.29 is 9.90 Å². The van der Waals surface area contributed by atoms with Crippen LogP contribution in [-0.4, -0.2) is 16.0 Å². The first kappa shape index (κ1) is 13.7. The van der Waals surface area contributed by atoms with Gasteiger partial charge in [0.2, 0.25) is 0 Å². The van der Waals surface area contributed by atoms with Gasteiger partial charge in [0.1, 0.15) is 5.75 Å². The Morgan fingerprint density at radius 1 is 1.21 bits per heavy atom. The van der Waals surface area contributed by atoms with Crippen molar-refractivity contribution in [3.05, 3.63) is 48.0 Å². The molecule has 2 rings (SSSR count). The third-order valence-corrected chi connectivity index (χ3v) is 3.67. The highest BCUT2D eigenvalue weighted by molar-refractivity contribution is 8.13. The van der Waals surface area contributed by atoms with E-state index >= 15 is 0 Å². The van der Waals surface area contributed by atoms with Gasteiger partial charge in [0.05, 0.1) is 0 Å². The summed E-state index contributed by atoms with van der Waals surface area (Å²) in [6.45, 7) is 1.59. The van der Waals surface area contributed by atoms with Crippen LogP contribution < -0.4 is 0 Å². The lowest BCUT2D eigenvalue weighted by atomic mass is 10.0. The van der Waals surface area contributed by atoms with E-state index < -0.39 is 0 Å². The molecule has 0 saturated heterocycles. The van der Waals surface area contributed by atoms with Gasteiger partial charge in [-0.15, -0.1) is 0 Å². The molecule has 0 aliphatic heterocycles. The molecule has 2 aromatic carbocycles. The first-order valence-corrected chi connectivity index (χ1v) is 7.17. The molecule has 98 valence electrons. The van der Waals surface area contributed by atoms with Gasteiger partial charge in [0.25, 0.3) is 0 Å². The molecule has 0 aliphatic carbocycles. The second-order valence-electron chi connectivity index (χ2n) is 4.25. The van der Waals surface area contributed by atoms with Crippen molar-refractivity contribution in [2.24, 2.45) is 0 Å². The van der Waals surface area contributed by atoms with Crippen molar-refractivity contribution in [3.63, 3.8) is 0 Å². The van der Waals surface area contributed by atoms with Crippen molar-refractivity contribution >= 4 is 33.7 Å². The van der Waals surface area contributed by atoms with E-state index in [9.17, 15) is 9.90 Å². The van der Waals surface area contributed by atoms with Gasteiger partial charge in [0, 0.05) is 18.1 Å². The fourth-order valence-corrected chi connectivity index (χ4v) is 2.47. The number of hydrogen-bond donors (Lipinski definition) is 1. The topological polar surface area (TPSA) is 37.3 Å². The lowest BCUT2D eigenvalue weighted by Gasteiger charge is -2.04. The summed E-state index contributed by atoms with van der Waals surface area (Å²) < 4.78 is 0. The van der Waals surface area contributed by atoms with Crippen LogP contribution in [0.25, 0.3) is 16.8 Å². The monoisotopic (exact) mass is 272 g/mol. The number of carbonyl (C=O) groups excluding carboxylic acids is 1. The minimum absolute atomic E-state index is 0.156. The van der Waals surface area contributed by atoms with Crippen LogP contribution >= 0.6 is 11.8 Å². The molecule has 1 N–H and O–H groups in total. The standard InChI is InChI=1S/C16H16O2S/c1-12(17)19-11-5-4-6-13-9-10-16(18)15-8-3-2-7-14(13)15/h2-4,6-10,18H,5,11H2,1H3. The predicted molar refractivity (Wildman–Crippen MR) is 82.4 cm³/mol. The highest BCUT2D eigenvalue weighted by atomic mass is 32.2. The van der Waals surface area contributed by atoms with E-state index in [1.807, 2.05) is 36.4 Å². The number of benzene rings is 2. The number of fused-ring (bicyclic) bond motifs is 1. The Morgan fingerprint density at radius 2 is 1.95 bits per heavy atom. The third-order valence-electron chi connectivity index (χ3n) is 2.82. The van der Waals surface area contributed by atoms with Crippen molar-refractivity contribution in [3.8, 4) is 5.75 Å². The second kappa shape index (κ2) is 6.43. The van der Waals surface area contributed by atoms with Gasteiger partial charge in [-0.05, 0) is 23.4 Å². The number of aromatic hydroxyl groups is 1. The molecule has 3 heteroatoms. The highest BCUT2D eigenvalue weighted by Gasteiger charge is 2.01. The molecule has 0 unspecified atom stereocenters. The van der Waals surface area contributed by atoms with E-state index in [1.54, 1.807) is 13.0 Å². The van der Waals surface area contributed by atoms with E-state index in [0.717, 1.165) is 28.5 Å². The molecule has 0 saturated carbocycles. The molecule has 19 heavy (non-hydrogen) atoms. The zero-order valence-electron chi connectivity index (χ0n) is 10.8. The summed E-state index contributed by atoms with van der Waals surface area (Å²) in [5, 5.41) is 11.9. The molecule has 0 amide bonds. The molecule has 0 atom stereocenters. The lowest BCUT2D eigenvalue weighted by molar-refractivity contribution is -0.109. The minimum atomic E-state index is 0.156. The number of rotatable bonds is 4. The first-order chi connectivity index (χ1) is 9.18. The van der Waals surface area contributed by atoms with Gasteiger partial charge in [0.15, 0.2) is 5.12 Å². The Morgan fingerprint density at radius 3 is 2.68 bits per heavy atom. The van der Waals surface area contributed by atoms with Crippen molar-refractivity contribution in [1.82, 2.24) is 0 Å². The molecule has 0 aliphatic rings. The van der Waals surface area contributed by atoms with E-state index in [-0.39, 0.29) is 5.12 Å². The molecule has 0 bridgehead atoms. The number of hydrogen-bond acceptors (Lipinski definition) is 3. The van der Waals surface area contributed by atoms with E-state index in [2.05, 4.69) is 6.08 Å². The summed E-state index contributed by atoms with van der Waals surface area (Å²) in [6.07, 6.45) is 4.97. The maximum Gasteiger partial charge on any atom is 0.185 e. The molecule has 0 aromatic heterocycles. The number of allylic oxidation sites excluding steroid dienone is 1. The number of carbonyl (C=O) groups is 1. The van der Waals surface area contributed by atoms with Crippen LogP contribution in [0.3, 0.4) is 0 Å². The van der Waals surface area contributed by atoms with Gasteiger partial charge < -0.3 is 5.11 Å². The molecule has 2 aromatic rings. The smallest absolute Gasteiger partial charge is 0.185 e.